The number of hydrogen-bond donors (Lipinski definition) is 3. The standard InChI is InChI=1S/C72H140O17P2/c1-9-64(7)50-42-34-25-21-19-17-15-13-11-12-14-16-18-20-22-26-38-46-54-71(76)88-67(58-82-69(74)52-44-36-27-23-24-32-40-48-62(3)4)60-86-90(78,79)84-56-66(73)57-85-91(80,81)87-61-68(59-83-70(75)53-45-37-30-28-33-41-49-63(5)6)89-72(77)55-47-39-31-29-35-43-51-65(8)10-2/h62-68,73H,9-61H2,1-8H3,(H,78,79)(H,80,81)/t64?,65?,66-,67-,68-/m1/s1. The average Bonchev–Trinajstić information content (AvgIpc) is 3.69. The number of ether oxygens (including phenoxy) is 4. The van der Waals surface area contributed by atoms with Crippen molar-refractivity contribution in [3.05, 3.63) is 0 Å². The molecule has 91 heavy (non-hydrogen) atoms. The molecule has 19 heteroatoms. The Morgan fingerprint density at radius 1 is 0.308 bits per heavy atom. The van der Waals surface area contributed by atoms with Crippen LogP contribution in [0, 0.1) is 23.7 Å². The van der Waals surface area contributed by atoms with Crippen LogP contribution in [0.15, 0.2) is 0 Å². The van der Waals surface area contributed by atoms with Crippen molar-refractivity contribution in [1.29, 1.82) is 0 Å². The van der Waals surface area contributed by atoms with Crippen molar-refractivity contribution in [2.45, 2.75) is 375 Å². The van der Waals surface area contributed by atoms with Gasteiger partial charge in [0.1, 0.15) is 19.3 Å². The monoisotopic (exact) mass is 1340 g/mol. The fourth-order valence-electron chi connectivity index (χ4n) is 10.8. The minimum Gasteiger partial charge on any atom is -0.462 e. The second kappa shape index (κ2) is 61.6. The molecule has 0 aromatic carbocycles. The van der Waals surface area contributed by atoms with Gasteiger partial charge in [-0.1, -0.05) is 306 Å². The molecule has 4 unspecified atom stereocenters. The van der Waals surface area contributed by atoms with Crippen LogP contribution in [-0.2, 0) is 65.4 Å². The second-order valence-electron chi connectivity index (χ2n) is 27.4. The van der Waals surface area contributed by atoms with Gasteiger partial charge in [0.2, 0.25) is 0 Å². The van der Waals surface area contributed by atoms with Gasteiger partial charge in [0, 0.05) is 25.7 Å². The molecule has 17 nitrogen and oxygen atoms in total. The Kier molecular flexibility index (Phi) is 60.3. The lowest BCUT2D eigenvalue weighted by molar-refractivity contribution is -0.161. The van der Waals surface area contributed by atoms with Gasteiger partial charge in [-0.25, -0.2) is 9.13 Å². The summed E-state index contributed by atoms with van der Waals surface area (Å²) in [4.78, 5) is 72.5. The summed E-state index contributed by atoms with van der Waals surface area (Å²) < 4.78 is 68.2. The number of phosphoric ester groups is 2. The van der Waals surface area contributed by atoms with Gasteiger partial charge in [-0.15, -0.1) is 0 Å². The van der Waals surface area contributed by atoms with Crippen molar-refractivity contribution in [3.63, 3.8) is 0 Å². The van der Waals surface area contributed by atoms with Crippen LogP contribution in [0.4, 0.5) is 0 Å². The molecule has 0 rings (SSSR count). The summed E-state index contributed by atoms with van der Waals surface area (Å²) in [6.45, 7) is 14.0. The maximum atomic E-state index is 13.0. The number of hydrogen-bond acceptors (Lipinski definition) is 15. The molecule has 7 atom stereocenters. The summed E-state index contributed by atoms with van der Waals surface area (Å²) in [6.07, 6.45) is 44.9. The number of unbranched alkanes of at least 4 members (excludes halogenated alkanes) is 33. The quantitative estimate of drug-likeness (QED) is 0.0222. The van der Waals surface area contributed by atoms with Gasteiger partial charge in [0.15, 0.2) is 12.2 Å². The summed E-state index contributed by atoms with van der Waals surface area (Å²) in [5.74, 6) is 0.842. The van der Waals surface area contributed by atoms with E-state index < -0.39 is 97.5 Å². The molecule has 3 N–H and O–H groups in total. The van der Waals surface area contributed by atoms with Crippen LogP contribution in [0.25, 0.3) is 0 Å². The zero-order chi connectivity index (χ0) is 67.5. The van der Waals surface area contributed by atoms with Crippen LogP contribution < -0.4 is 0 Å². The van der Waals surface area contributed by atoms with Crippen molar-refractivity contribution in [3.8, 4) is 0 Å². The molecule has 0 fully saturated rings. The Bertz CT molecular complexity index is 1800. The van der Waals surface area contributed by atoms with Gasteiger partial charge < -0.3 is 33.8 Å². The molecule has 0 aromatic heterocycles. The van der Waals surface area contributed by atoms with E-state index in [1.807, 2.05) is 0 Å². The number of rotatable bonds is 69. The van der Waals surface area contributed by atoms with E-state index in [2.05, 4.69) is 55.4 Å². The molecule has 540 valence electrons. The number of phosphoric acid groups is 2. The molecular formula is C72H140O17P2. The molecular weight excluding hydrogens is 1200 g/mol. The zero-order valence-corrected chi connectivity index (χ0v) is 61.3. The zero-order valence-electron chi connectivity index (χ0n) is 59.5. The molecule has 0 radical (unpaired) electrons. The van der Waals surface area contributed by atoms with Gasteiger partial charge in [0.25, 0.3) is 0 Å². The summed E-state index contributed by atoms with van der Waals surface area (Å²) in [7, 11) is -9.90. The van der Waals surface area contributed by atoms with Crippen molar-refractivity contribution in [2.24, 2.45) is 23.7 Å². The second-order valence-corrected chi connectivity index (χ2v) is 30.3. The average molecular weight is 1340 g/mol. The molecule has 0 amide bonds. The summed E-state index contributed by atoms with van der Waals surface area (Å²) in [6, 6.07) is 0. The van der Waals surface area contributed by atoms with Crippen molar-refractivity contribution in [2.75, 3.05) is 39.6 Å². The molecule has 0 heterocycles. The van der Waals surface area contributed by atoms with E-state index in [0.29, 0.717) is 37.5 Å². The lowest BCUT2D eigenvalue weighted by atomic mass is 9.99. The highest BCUT2D eigenvalue weighted by Crippen LogP contribution is 2.45. The van der Waals surface area contributed by atoms with Crippen molar-refractivity contribution in [1.82, 2.24) is 0 Å². The van der Waals surface area contributed by atoms with Gasteiger partial charge in [-0.3, -0.25) is 37.3 Å². The lowest BCUT2D eigenvalue weighted by Gasteiger charge is -2.21. The number of aliphatic hydroxyl groups is 1. The summed E-state index contributed by atoms with van der Waals surface area (Å²) in [5, 5.41) is 10.6. The summed E-state index contributed by atoms with van der Waals surface area (Å²) in [5.41, 5.74) is 0. The number of esters is 4. The predicted molar refractivity (Wildman–Crippen MR) is 367 cm³/mol. The van der Waals surface area contributed by atoms with Crippen molar-refractivity contribution < 1.29 is 80.2 Å². The normalized spacial score (nSPS) is 14.8. The molecule has 0 spiro atoms. The third-order valence-electron chi connectivity index (χ3n) is 17.3. The SMILES string of the molecule is CCC(C)CCCCCCCCCCCCCCCCCCCCC(=O)O[C@H](COC(=O)CCCCCCCCCC(C)C)COP(=O)(O)OC[C@@H](O)COP(=O)(O)OC[C@@H](COC(=O)CCCCCCCCC(C)C)OC(=O)CCCCCCCCC(C)CC. The fourth-order valence-corrected chi connectivity index (χ4v) is 12.4. The third-order valence-corrected chi connectivity index (χ3v) is 19.2. The van der Waals surface area contributed by atoms with Crippen LogP contribution in [0.5, 0.6) is 0 Å². The Hall–Kier alpha value is -1.94. The van der Waals surface area contributed by atoms with Gasteiger partial charge in [-0.05, 0) is 49.4 Å². The molecule has 0 aromatic rings. The molecule has 0 aliphatic rings. The Labute approximate surface area is 556 Å². The van der Waals surface area contributed by atoms with E-state index >= 15 is 0 Å². The number of aliphatic hydroxyl groups excluding tert-OH is 1. The fraction of sp³-hybridized carbons (Fsp3) is 0.944. The van der Waals surface area contributed by atoms with Gasteiger partial charge in [-0.2, -0.15) is 0 Å². The van der Waals surface area contributed by atoms with E-state index in [1.54, 1.807) is 0 Å². The van der Waals surface area contributed by atoms with E-state index in [1.165, 1.54) is 148 Å². The van der Waals surface area contributed by atoms with Crippen LogP contribution >= 0.6 is 15.6 Å². The van der Waals surface area contributed by atoms with Crippen molar-refractivity contribution >= 4 is 39.5 Å². The highest BCUT2D eigenvalue weighted by atomic mass is 31.2. The molecule has 0 saturated heterocycles. The highest BCUT2D eigenvalue weighted by molar-refractivity contribution is 7.47. The topological polar surface area (TPSA) is 237 Å². The first-order chi connectivity index (χ1) is 43.7. The number of carbonyl (C=O) groups excluding carboxylic acids is 4. The van der Waals surface area contributed by atoms with E-state index in [0.717, 1.165) is 115 Å². The largest absolute Gasteiger partial charge is 0.472 e. The van der Waals surface area contributed by atoms with E-state index in [-0.39, 0.29) is 25.7 Å². The molecule has 0 aliphatic carbocycles. The summed E-state index contributed by atoms with van der Waals surface area (Å²) >= 11 is 0. The first-order valence-corrected chi connectivity index (χ1v) is 40.3. The van der Waals surface area contributed by atoms with E-state index in [4.69, 9.17) is 37.0 Å². The molecule has 0 bridgehead atoms. The molecule has 0 saturated carbocycles. The highest BCUT2D eigenvalue weighted by Gasteiger charge is 2.30. The Morgan fingerprint density at radius 2 is 0.527 bits per heavy atom. The van der Waals surface area contributed by atoms with Gasteiger partial charge >= 0.3 is 39.5 Å². The van der Waals surface area contributed by atoms with Crippen LogP contribution in [0.3, 0.4) is 0 Å². The van der Waals surface area contributed by atoms with Crippen LogP contribution in [0.2, 0.25) is 0 Å². The lowest BCUT2D eigenvalue weighted by Crippen LogP contribution is -2.30. The van der Waals surface area contributed by atoms with E-state index in [9.17, 15) is 43.2 Å². The maximum absolute atomic E-state index is 13.0. The number of carbonyl (C=O) groups is 4. The minimum absolute atomic E-state index is 0.101. The first-order valence-electron chi connectivity index (χ1n) is 37.3. The maximum Gasteiger partial charge on any atom is 0.472 e. The smallest absolute Gasteiger partial charge is 0.462 e. The predicted octanol–water partition coefficient (Wildman–Crippen LogP) is 20.5. The van der Waals surface area contributed by atoms with Crippen LogP contribution in [0.1, 0.15) is 357 Å². The Balaban J connectivity index is 5.14. The Morgan fingerprint density at radius 3 is 0.780 bits per heavy atom. The first kappa shape index (κ1) is 89.1. The minimum atomic E-state index is -4.95. The molecule has 0 aliphatic heterocycles. The third kappa shape index (κ3) is 63.9. The van der Waals surface area contributed by atoms with Crippen LogP contribution in [-0.4, -0.2) is 96.7 Å². The van der Waals surface area contributed by atoms with Gasteiger partial charge in [0.05, 0.1) is 26.4 Å².